The highest BCUT2D eigenvalue weighted by Gasteiger charge is 2.32. The largest absolute Gasteiger partial charge is 0.469 e. The van der Waals surface area contributed by atoms with Crippen molar-refractivity contribution in [3.05, 3.63) is 53.3 Å². The van der Waals surface area contributed by atoms with E-state index in [1.807, 2.05) is 41.0 Å². The molecule has 1 aliphatic heterocycles. The number of carbonyl (C=O) groups is 2. The molecular formula is C18H19NO3S. The maximum atomic E-state index is 12.8. The van der Waals surface area contributed by atoms with Gasteiger partial charge in [-0.05, 0) is 36.4 Å². The van der Waals surface area contributed by atoms with E-state index in [-0.39, 0.29) is 17.7 Å². The normalized spacial score (nSPS) is 16.2. The molecule has 1 aromatic heterocycles. The maximum Gasteiger partial charge on any atom is 0.314 e. The molecular weight excluding hydrogens is 310 g/mol. The third-order valence-corrected chi connectivity index (χ3v) is 5.01. The lowest BCUT2D eigenvalue weighted by molar-refractivity contribution is -0.142. The zero-order valence-electron chi connectivity index (χ0n) is 13.2. The summed E-state index contributed by atoms with van der Waals surface area (Å²) in [7, 11) is 1.40. The molecule has 1 unspecified atom stereocenters. The fraction of sp³-hybridized carbons (Fsp3) is 0.333. The summed E-state index contributed by atoms with van der Waals surface area (Å²) in [5, 5.41) is 0. The van der Waals surface area contributed by atoms with Gasteiger partial charge in [0.2, 0.25) is 5.78 Å². The van der Waals surface area contributed by atoms with Gasteiger partial charge in [-0.1, -0.05) is 19.1 Å². The monoisotopic (exact) mass is 329 g/mol. The van der Waals surface area contributed by atoms with Gasteiger partial charge >= 0.3 is 5.97 Å². The molecule has 23 heavy (non-hydrogen) atoms. The van der Waals surface area contributed by atoms with Crippen LogP contribution in [0.5, 0.6) is 0 Å². The van der Waals surface area contributed by atoms with E-state index >= 15 is 0 Å². The SMILES string of the molecule is CCSc1cccc(C(=O)c2ccc3n2CCC3C(=O)OC)c1. The van der Waals surface area contributed by atoms with Crippen LogP contribution in [-0.2, 0) is 16.1 Å². The van der Waals surface area contributed by atoms with Gasteiger partial charge in [0, 0.05) is 22.7 Å². The summed E-state index contributed by atoms with van der Waals surface area (Å²) >= 11 is 1.72. The van der Waals surface area contributed by atoms with Gasteiger partial charge in [0.25, 0.3) is 0 Å². The van der Waals surface area contributed by atoms with Gasteiger partial charge < -0.3 is 9.30 Å². The molecule has 0 saturated carbocycles. The van der Waals surface area contributed by atoms with Crippen molar-refractivity contribution in [3.8, 4) is 0 Å². The fourth-order valence-corrected chi connectivity index (χ4v) is 3.78. The number of benzene rings is 1. The molecule has 2 aromatic rings. The predicted molar refractivity (Wildman–Crippen MR) is 90.1 cm³/mol. The number of fused-ring (bicyclic) bond motifs is 1. The molecule has 0 radical (unpaired) electrons. The van der Waals surface area contributed by atoms with Crippen LogP contribution < -0.4 is 0 Å². The predicted octanol–water partition coefficient (Wildman–Crippen LogP) is 3.49. The Morgan fingerprint density at radius 3 is 2.87 bits per heavy atom. The molecule has 0 amide bonds. The Morgan fingerprint density at radius 1 is 1.30 bits per heavy atom. The molecule has 0 N–H and O–H groups in total. The van der Waals surface area contributed by atoms with E-state index in [9.17, 15) is 9.59 Å². The summed E-state index contributed by atoms with van der Waals surface area (Å²) in [6, 6.07) is 11.4. The third kappa shape index (κ3) is 2.93. The summed E-state index contributed by atoms with van der Waals surface area (Å²) in [6.45, 7) is 2.76. The van der Waals surface area contributed by atoms with Crippen molar-refractivity contribution < 1.29 is 14.3 Å². The number of carbonyl (C=O) groups excluding carboxylic acids is 2. The van der Waals surface area contributed by atoms with Crippen molar-refractivity contribution in [2.75, 3.05) is 12.9 Å². The molecule has 3 rings (SSSR count). The summed E-state index contributed by atoms with van der Waals surface area (Å²) in [5.74, 6) is 0.477. The number of esters is 1. The minimum Gasteiger partial charge on any atom is -0.469 e. The number of methoxy groups -OCH3 is 1. The molecule has 0 aliphatic carbocycles. The van der Waals surface area contributed by atoms with E-state index in [0.29, 0.717) is 24.2 Å². The Kier molecular flexibility index (Phi) is 4.57. The Balaban J connectivity index is 1.90. The number of rotatable bonds is 5. The molecule has 1 aliphatic rings. The number of ether oxygens (including phenoxy) is 1. The summed E-state index contributed by atoms with van der Waals surface area (Å²) in [6.07, 6.45) is 0.689. The summed E-state index contributed by atoms with van der Waals surface area (Å²) in [4.78, 5) is 25.7. The minimum absolute atomic E-state index is 0.000295. The highest BCUT2D eigenvalue weighted by molar-refractivity contribution is 7.99. The van der Waals surface area contributed by atoms with E-state index in [0.717, 1.165) is 16.3 Å². The molecule has 120 valence electrons. The van der Waals surface area contributed by atoms with Crippen LogP contribution in [0, 0.1) is 0 Å². The number of nitrogens with zero attached hydrogens (tertiary/aromatic N) is 1. The molecule has 1 aromatic carbocycles. The lowest BCUT2D eigenvalue weighted by atomic mass is 10.1. The highest BCUT2D eigenvalue weighted by atomic mass is 32.2. The molecule has 4 nitrogen and oxygen atoms in total. The van der Waals surface area contributed by atoms with Crippen LogP contribution in [0.25, 0.3) is 0 Å². The Hall–Kier alpha value is -2.01. The average Bonchev–Trinajstić information content (AvgIpc) is 3.16. The van der Waals surface area contributed by atoms with E-state index in [1.54, 1.807) is 11.8 Å². The van der Waals surface area contributed by atoms with Crippen LogP contribution >= 0.6 is 11.8 Å². The molecule has 1 atom stereocenters. The van der Waals surface area contributed by atoms with Gasteiger partial charge in [0.05, 0.1) is 18.7 Å². The lowest BCUT2D eigenvalue weighted by Crippen LogP contribution is -2.11. The van der Waals surface area contributed by atoms with Crippen LogP contribution in [-0.4, -0.2) is 29.2 Å². The lowest BCUT2D eigenvalue weighted by Gasteiger charge is -2.07. The third-order valence-electron chi connectivity index (χ3n) is 4.14. The van der Waals surface area contributed by atoms with Crippen molar-refractivity contribution in [2.24, 2.45) is 0 Å². The molecule has 0 saturated heterocycles. The van der Waals surface area contributed by atoms with Crippen molar-refractivity contribution in [2.45, 2.75) is 30.7 Å². The standard InChI is InChI=1S/C18H19NO3S/c1-3-23-13-6-4-5-12(11-13)17(20)16-8-7-15-14(18(21)22-2)9-10-19(15)16/h4-8,11,14H,3,9-10H2,1-2H3. The smallest absolute Gasteiger partial charge is 0.314 e. The minimum atomic E-state index is -0.261. The highest BCUT2D eigenvalue weighted by Crippen LogP contribution is 2.32. The number of aromatic nitrogens is 1. The van der Waals surface area contributed by atoms with Crippen LogP contribution in [0.2, 0.25) is 0 Å². The van der Waals surface area contributed by atoms with Gasteiger partial charge in [-0.2, -0.15) is 0 Å². The van der Waals surface area contributed by atoms with E-state index < -0.39 is 0 Å². The average molecular weight is 329 g/mol. The first kappa shape index (κ1) is 15.9. The summed E-state index contributed by atoms with van der Waals surface area (Å²) in [5.41, 5.74) is 2.20. The number of thioether (sulfide) groups is 1. The van der Waals surface area contributed by atoms with Gasteiger partial charge in [-0.25, -0.2) is 0 Å². The topological polar surface area (TPSA) is 48.3 Å². The Bertz CT molecular complexity index is 750. The zero-order valence-corrected chi connectivity index (χ0v) is 14.1. The maximum absolute atomic E-state index is 12.8. The van der Waals surface area contributed by atoms with E-state index in [1.165, 1.54) is 7.11 Å². The van der Waals surface area contributed by atoms with Crippen molar-refractivity contribution in [1.82, 2.24) is 4.57 Å². The summed E-state index contributed by atoms with van der Waals surface area (Å²) < 4.78 is 6.80. The second-order valence-electron chi connectivity index (χ2n) is 5.45. The van der Waals surface area contributed by atoms with Gasteiger partial charge in [-0.3, -0.25) is 9.59 Å². The van der Waals surface area contributed by atoms with Crippen LogP contribution in [0.4, 0.5) is 0 Å². The molecule has 0 fully saturated rings. The van der Waals surface area contributed by atoms with Gasteiger partial charge in [0.15, 0.2) is 0 Å². The number of ketones is 1. The Morgan fingerprint density at radius 2 is 2.13 bits per heavy atom. The van der Waals surface area contributed by atoms with Crippen molar-refractivity contribution in [1.29, 1.82) is 0 Å². The second-order valence-corrected chi connectivity index (χ2v) is 6.79. The van der Waals surface area contributed by atoms with E-state index in [4.69, 9.17) is 4.74 Å². The number of hydrogen-bond acceptors (Lipinski definition) is 4. The first-order valence-electron chi connectivity index (χ1n) is 7.70. The van der Waals surface area contributed by atoms with Crippen LogP contribution in [0.1, 0.15) is 41.0 Å². The fourth-order valence-electron chi connectivity index (χ4n) is 3.06. The quantitative estimate of drug-likeness (QED) is 0.479. The Labute approximate surface area is 139 Å². The first-order chi connectivity index (χ1) is 11.2. The van der Waals surface area contributed by atoms with Gasteiger partial charge in [0.1, 0.15) is 0 Å². The first-order valence-corrected chi connectivity index (χ1v) is 8.69. The molecule has 0 spiro atoms. The molecule has 5 heteroatoms. The molecule has 2 heterocycles. The number of hydrogen-bond donors (Lipinski definition) is 0. The van der Waals surface area contributed by atoms with Crippen LogP contribution in [0.15, 0.2) is 41.3 Å². The van der Waals surface area contributed by atoms with E-state index in [2.05, 4.69) is 6.92 Å². The van der Waals surface area contributed by atoms with Crippen LogP contribution in [0.3, 0.4) is 0 Å². The van der Waals surface area contributed by atoms with Crippen molar-refractivity contribution in [3.63, 3.8) is 0 Å². The van der Waals surface area contributed by atoms with Gasteiger partial charge in [-0.15, -0.1) is 11.8 Å². The second kappa shape index (κ2) is 6.62. The molecule has 0 bridgehead atoms. The zero-order chi connectivity index (χ0) is 16.4. The van der Waals surface area contributed by atoms with Crippen molar-refractivity contribution >= 4 is 23.5 Å².